The average Bonchev–Trinajstić information content (AvgIpc) is 2.05. The Hall–Kier alpha value is 1.08. The van der Waals surface area contributed by atoms with Crippen molar-refractivity contribution < 1.29 is 30.2 Å². The first-order valence-electron chi connectivity index (χ1n) is 2.55. The van der Waals surface area contributed by atoms with Crippen molar-refractivity contribution in [2.45, 2.75) is 12.2 Å². The minimum atomic E-state index is -0.894. The summed E-state index contributed by atoms with van der Waals surface area (Å²) in [5.74, 6) is 0.0434. The van der Waals surface area contributed by atoms with Gasteiger partial charge in [0.1, 0.15) is 0 Å². The van der Waals surface area contributed by atoms with Crippen LogP contribution in [0.25, 0.3) is 0 Å². The van der Waals surface area contributed by atoms with E-state index in [-0.39, 0.29) is 11.8 Å². The normalized spacial score (nSPS) is 14.7. The van der Waals surface area contributed by atoms with Gasteiger partial charge in [0.2, 0.25) is 0 Å². The van der Waals surface area contributed by atoms with Crippen LogP contribution < -0.4 is 0 Å². The zero-order chi connectivity index (χ0) is 8.57. The van der Waals surface area contributed by atoms with Crippen LogP contribution in [0.1, 0.15) is 0 Å². The molecule has 0 spiro atoms. The molecule has 2 N–H and O–H groups in total. The Morgan fingerprint density at radius 2 is 1.30 bits per heavy atom. The molecule has 0 aliphatic heterocycles. The second-order valence-corrected chi connectivity index (χ2v) is 2.06. The van der Waals surface area contributed by atoms with Crippen LogP contribution in [0.4, 0.5) is 0 Å². The maximum absolute atomic E-state index is 8.66. The van der Waals surface area contributed by atoms with Crippen molar-refractivity contribution >= 4 is 28.0 Å². The second-order valence-electron chi connectivity index (χ2n) is 1.44. The van der Waals surface area contributed by atoms with Gasteiger partial charge in [-0.25, -0.2) is 0 Å². The molecule has 0 radical (unpaired) electrons. The predicted molar refractivity (Wildman–Crippen MR) is 40.6 cm³/mol. The molecule has 0 aliphatic rings. The van der Waals surface area contributed by atoms with Gasteiger partial charge in [0.25, 0.3) is 0 Å². The quantitative estimate of drug-likeness (QED) is 0.526. The Kier molecular flexibility index (Phi) is 13.8. The van der Waals surface area contributed by atoms with Gasteiger partial charge in [0.15, 0.2) is 0 Å². The molecule has 0 bridgehead atoms. The standard InChI is InChI=1S/C4H8Cl2O2.CH2.Ti/c5-1-3(7)4(8)2-6;;/h3-4,7-8H,1-2H2;1H2;/t3-,4-;;/m1../s1. The fourth-order valence-corrected chi connectivity index (χ4v) is 0.617. The Bertz CT molecular complexity index is 66.7. The molecule has 0 aliphatic carbocycles. The van der Waals surface area contributed by atoms with Crippen molar-refractivity contribution in [2.75, 3.05) is 11.8 Å². The van der Waals surface area contributed by atoms with E-state index in [4.69, 9.17) is 33.4 Å². The molecule has 0 saturated heterocycles. The van der Waals surface area contributed by atoms with Gasteiger partial charge in [0, 0.05) is 0 Å². The molecule has 5 heteroatoms. The first kappa shape index (κ1) is 13.7. The molecular weight excluding hydrogens is 211 g/mol. The number of hydrogen-bond donors (Lipinski definition) is 2. The van der Waals surface area contributed by atoms with Crippen LogP contribution in [0.2, 0.25) is 0 Å². The van der Waals surface area contributed by atoms with Crippen LogP contribution in [0.3, 0.4) is 0 Å². The number of aliphatic hydroxyl groups is 2. The van der Waals surface area contributed by atoms with Crippen LogP contribution in [0.15, 0.2) is 0 Å². The summed E-state index contributed by atoms with van der Waals surface area (Å²) in [6.45, 7) is 0. The van der Waals surface area contributed by atoms with E-state index in [2.05, 4.69) is 4.82 Å². The first-order chi connectivity index (χ1) is 4.72. The van der Waals surface area contributed by atoms with Crippen LogP contribution in [0.5, 0.6) is 0 Å². The zero-order valence-electron chi connectivity index (χ0n) is 5.43. The van der Waals surface area contributed by atoms with Crippen molar-refractivity contribution in [1.29, 1.82) is 0 Å². The van der Waals surface area contributed by atoms with Crippen LogP contribution in [-0.4, -0.2) is 39.0 Å². The minimum absolute atomic E-state index is 0.0217. The molecule has 10 heavy (non-hydrogen) atoms. The molecule has 0 saturated carbocycles. The van der Waals surface area contributed by atoms with Crippen molar-refractivity contribution in [2.24, 2.45) is 0 Å². The SMILES string of the molecule is O[C@H](CCl)[C@H](O)CCl.[CH2]=[Ti]. The van der Waals surface area contributed by atoms with E-state index in [0.717, 1.165) is 0 Å². The van der Waals surface area contributed by atoms with E-state index < -0.39 is 12.2 Å². The number of hydrogen-bond acceptors (Lipinski definition) is 2. The Morgan fingerprint density at radius 3 is 1.40 bits per heavy atom. The summed E-state index contributed by atoms with van der Waals surface area (Å²) in [7, 11) is 0. The molecule has 0 aromatic carbocycles. The monoisotopic (exact) mass is 220 g/mol. The van der Waals surface area contributed by atoms with Gasteiger partial charge >= 0.3 is 24.8 Å². The van der Waals surface area contributed by atoms with E-state index in [1.165, 1.54) is 0 Å². The zero-order valence-corrected chi connectivity index (χ0v) is 8.50. The third-order valence-corrected chi connectivity index (χ3v) is 1.39. The van der Waals surface area contributed by atoms with Crippen LogP contribution >= 0.6 is 23.2 Å². The fourth-order valence-electron chi connectivity index (χ4n) is 0.206. The molecule has 0 amide bonds. The number of rotatable bonds is 3. The summed E-state index contributed by atoms with van der Waals surface area (Å²) < 4.78 is 0. The van der Waals surface area contributed by atoms with Crippen molar-refractivity contribution in [1.82, 2.24) is 0 Å². The van der Waals surface area contributed by atoms with Gasteiger partial charge in [-0.1, -0.05) is 0 Å². The van der Waals surface area contributed by atoms with Gasteiger partial charge in [-0.15, -0.1) is 23.2 Å². The van der Waals surface area contributed by atoms with Crippen molar-refractivity contribution in [3.05, 3.63) is 0 Å². The Morgan fingerprint density at radius 1 is 1.10 bits per heavy atom. The second kappa shape index (κ2) is 10.1. The van der Waals surface area contributed by atoms with E-state index in [9.17, 15) is 0 Å². The van der Waals surface area contributed by atoms with Gasteiger partial charge in [-0.05, 0) is 0 Å². The molecule has 0 rings (SSSR count). The molecule has 0 aromatic heterocycles. The molecule has 2 nitrogen and oxygen atoms in total. The van der Waals surface area contributed by atoms with Crippen LogP contribution in [-0.2, 0) is 20.0 Å². The van der Waals surface area contributed by atoms with Gasteiger partial charge in [-0.3, -0.25) is 0 Å². The van der Waals surface area contributed by atoms with Crippen LogP contribution in [0, 0.1) is 0 Å². The van der Waals surface area contributed by atoms with E-state index in [1.807, 2.05) is 0 Å². The van der Waals surface area contributed by atoms with Gasteiger partial charge < -0.3 is 10.2 Å². The third kappa shape index (κ3) is 7.19. The Labute approximate surface area is 82.1 Å². The molecule has 0 aromatic rings. The summed E-state index contributed by atoms with van der Waals surface area (Å²) >= 11 is 12.1. The summed E-state index contributed by atoms with van der Waals surface area (Å²) in [5, 5.41) is 17.3. The summed E-state index contributed by atoms with van der Waals surface area (Å²) in [5.41, 5.74) is 0. The molecule has 2 atom stereocenters. The summed E-state index contributed by atoms with van der Waals surface area (Å²) in [6, 6.07) is 0. The number of halogens is 2. The Balaban J connectivity index is 0. The van der Waals surface area contributed by atoms with Crippen molar-refractivity contribution in [3.8, 4) is 0 Å². The topological polar surface area (TPSA) is 40.5 Å². The molecule has 0 fully saturated rings. The summed E-state index contributed by atoms with van der Waals surface area (Å²) in [6.07, 6.45) is -1.79. The average molecular weight is 221 g/mol. The number of alkyl halides is 2. The molecule has 60 valence electrons. The molecule has 0 heterocycles. The molecule has 0 unspecified atom stereocenters. The molecular formula is C5H10Cl2O2Ti. The third-order valence-electron chi connectivity index (χ3n) is 0.760. The summed E-state index contributed by atoms with van der Waals surface area (Å²) in [4.78, 5) is 3.25. The first-order valence-corrected chi connectivity index (χ1v) is 4.73. The van der Waals surface area contributed by atoms with Crippen molar-refractivity contribution in [3.63, 3.8) is 0 Å². The predicted octanol–water partition coefficient (Wildman–Crippen LogP) is 0.151. The van der Waals surface area contributed by atoms with Gasteiger partial charge in [0.05, 0.1) is 24.0 Å². The number of aliphatic hydroxyl groups excluding tert-OH is 2. The maximum atomic E-state index is 8.66. The van der Waals surface area contributed by atoms with E-state index in [0.29, 0.717) is 0 Å². The van der Waals surface area contributed by atoms with E-state index >= 15 is 0 Å². The van der Waals surface area contributed by atoms with E-state index in [1.54, 1.807) is 20.0 Å². The van der Waals surface area contributed by atoms with Gasteiger partial charge in [-0.2, -0.15) is 0 Å². The fraction of sp³-hybridized carbons (Fsp3) is 0.800.